The van der Waals surface area contributed by atoms with Crippen LogP contribution in [0.25, 0.3) is 0 Å². The third kappa shape index (κ3) is 7.35. The molecule has 1 aromatic heterocycles. The van der Waals surface area contributed by atoms with Gasteiger partial charge >= 0.3 is 6.09 Å². The van der Waals surface area contributed by atoms with Gasteiger partial charge in [0, 0.05) is 47.3 Å². The van der Waals surface area contributed by atoms with Gasteiger partial charge in [0.05, 0.1) is 13.2 Å². The molecule has 37 heavy (non-hydrogen) atoms. The molecule has 5 N–H and O–H groups in total. The van der Waals surface area contributed by atoms with Gasteiger partial charge in [0.2, 0.25) is 0 Å². The van der Waals surface area contributed by atoms with E-state index in [2.05, 4.69) is 20.6 Å². The zero-order chi connectivity index (χ0) is 27.2. The van der Waals surface area contributed by atoms with Crippen molar-refractivity contribution >= 4 is 23.3 Å². The summed E-state index contributed by atoms with van der Waals surface area (Å²) in [4.78, 5) is 20.3. The fraction of sp³-hybridized carbons (Fsp3) is 0.308. The number of carbonyl (C=O) groups excluding carboxylic acids is 1. The SMILES string of the molecule is CCOc1cc(F)c(CNc2ccccc2C(=N)c2ncc(CNC(=O)OC(C)(C)C)c(N)n2)c(F)c1. The average molecular weight is 513 g/mol. The highest BCUT2D eigenvalue weighted by atomic mass is 19.1. The molecule has 0 unspecified atom stereocenters. The predicted molar refractivity (Wildman–Crippen MR) is 137 cm³/mol. The molecule has 0 radical (unpaired) electrons. The third-order valence-corrected chi connectivity index (χ3v) is 5.02. The minimum atomic E-state index is -0.741. The van der Waals surface area contributed by atoms with Gasteiger partial charge in [-0.15, -0.1) is 0 Å². The first-order valence-electron chi connectivity index (χ1n) is 11.6. The number of nitrogens with one attached hydrogen (secondary N) is 3. The molecule has 0 aliphatic rings. The predicted octanol–water partition coefficient (Wildman–Crippen LogP) is 4.79. The van der Waals surface area contributed by atoms with E-state index in [4.69, 9.17) is 20.6 Å². The topological polar surface area (TPSA) is 135 Å². The molecule has 11 heteroatoms. The van der Waals surface area contributed by atoms with E-state index >= 15 is 0 Å². The van der Waals surface area contributed by atoms with Crippen molar-refractivity contribution in [3.8, 4) is 5.75 Å². The van der Waals surface area contributed by atoms with Crippen LogP contribution < -0.4 is 21.1 Å². The van der Waals surface area contributed by atoms with Crippen molar-refractivity contribution in [3.63, 3.8) is 0 Å². The number of amides is 1. The maximum absolute atomic E-state index is 14.5. The Kier molecular flexibility index (Phi) is 8.59. The van der Waals surface area contributed by atoms with Crippen LogP contribution in [0, 0.1) is 17.0 Å². The van der Waals surface area contributed by atoms with Crippen LogP contribution in [0.1, 0.15) is 50.2 Å². The van der Waals surface area contributed by atoms with Gasteiger partial charge in [0.1, 0.15) is 34.5 Å². The van der Waals surface area contributed by atoms with Gasteiger partial charge in [-0.05, 0) is 33.8 Å². The van der Waals surface area contributed by atoms with Crippen molar-refractivity contribution in [3.05, 3.63) is 76.7 Å². The van der Waals surface area contributed by atoms with Gasteiger partial charge in [-0.1, -0.05) is 18.2 Å². The summed E-state index contributed by atoms with van der Waals surface area (Å²) in [6.45, 7) is 7.16. The van der Waals surface area contributed by atoms with Gasteiger partial charge < -0.3 is 25.8 Å². The second kappa shape index (κ2) is 11.6. The minimum absolute atomic E-state index is 0.0471. The molecule has 0 spiro atoms. The average Bonchev–Trinajstić information content (AvgIpc) is 2.81. The Hall–Kier alpha value is -4.28. The summed E-state index contributed by atoms with van der Waals surface area (Å²) in [5, 5.41) is 14.2. The van der Waals surface area contributed by atoms with E-state index in [1.54, 1.807) is 52.0 Å². The Morgan fingerprint density at radius 1 is 1.14 bits per heavy atom. The number of hydrogen-bond donors (Lipinski definition) is 4. The van der Waals surface area contributed by atoms with Gasteiger partial charge in [-0.2, -0.15) is 0 Å². The largest absolute Gasteiger partial charge is 0.494 e. The number of rotatable bonds is 9. The molecule has 0 fully saturated rings. The standard InChI is InChI=1S/C26H30F2N6O3/c1-5-36-16-10-19(27)18(20(28)11-16)14-31-21-9-7-6-8-17(21)22(29)24-32-12-15(23(30)34-24)13-33-25(35)37-26(2,3)4/h6-12,29,31H,5,13-14H2,1-4H3,(H,33,35)(H2,30,32,34). The zero-order valence-corrected chi connectivity index (χ0v) is 21.1. The number of anilines is 2. The molecule has 196 valence electrons. The first-order valence-corrected chi connectivity index (χ1v) is 11.6. The van der Waals surface area contributed by atoms with E-state index in [1.165, 1.54) is 6.20 Å². The number of nitrogens with zero attached hydrogens (tertiary/aromatic N) is 2. The number of halogens is 2. The van der Waals surface area contributed by atoms with Crippen LogP contribution in [-0.2, 0) is 17.8 Å². The fourth-order valence-corrected chi connectivity index (χ4v) is 3.32. The lowest BCUT2D eigenvalue weighted by atomic mass is 10.1. The van der Waals surface area contributed by atoms with E-state index < -0.39 is 23.3 Å². The summed E-state index contributed by atoms with van der Waals surface area (Å²) < 4.78 is 39.3. The molecule has 3 aromatic rings. The molecule has 0 aliphatic heterocycles. The van der Waals surface area contributed by atoms with Crippen molar-refractivity contribution < 1.29 is 23.0 Å². The lowest BCUT2D eigenvalue weighted by Gasteiger charge is -2.19. The number of nitrogen functional groups attached to an aromatic ring is 1. The second-order valence-corrected chi connectivity index (χ2v) is 9.03. The van der Waals surface area contributed by atoms with E-state index in [0.717, 1.165) is 12.1 Å². The number of alkyl carbamates (subject to hydrolysis) is 1. The zero-order valence-electron chi connectivity index (χ0n) is 21.1. The van der Waals surface area contributed by atoms with E-state index in [0.29, 0.717) is 23.4 Å². The highest BCUT2D eigenvalue weighted by Gasteiger charge is 2.18. The number of carbonyl (C=O) groups is 1. The van der Waals surface area contributed by atoms with Crippen LogP contribution >= 0.6 is 0 Å². The first kappa shape index (κ1) is 27.3. The molecule has 0 aliphatic carbocycles. The first-order chi connectivity index (χ1) is 17.5. The Bertz CT molecular complexity index is 1270. The fourth-order valence-electron chi connectivity index (χ4n) is 3.32. The molecule has 0 saturated heterocycles. The van der Waals surface area contributed by atoms with Crippen LogP contribution in [-0.4, -0.2) is 34.0 Å². The number of ether oxygens (including phenoxy) is 2. The van der Waals surface area contributed by atoms with Crippen molar-refractivity contribution in [1.82, 2.24) is 15.3 Å². The summed E-state index contributed by atoms with van der Waals surface area (Å²) in [6, 6.07) is 9.05. The Morgan fingerprint density at radius 3 is 2.43 bits per heavy atom. The molecule has 0 bridgehead atoms. The molecule has 3 rings (SSSR count). The van der Waals surface area contributed by atoms with Crippen LogP contribution in [0.2, 0.25) is 0 Å². The van der Waals surface area contributed by atoms with Gasteiger partial charge in [-0.25, -0.2) is 23.5 Å². The number of benzene rings is 2. The summed E-state index contributed by atoms with van der Waals surface area (Å²) in [7, 11) is 0. The number of nitrogens with two attached hydrogens (primary N) is 1. The molecular formula is C26H30F2N6O3. The van der Waals surface area contributed by atoms with Crippen LogP contribution in [0.4, 0.5) is 25.1 Å². The molecule has 1 heterocycles. The highest BCUT2D eigenvalue weighted by Crippen LogP contribution is 2.24. The minimum Gasteiger partial charge on any atom is -0.494 e. The molecule has 1 amide bonds. The van der Waals surface area contributed by atoms with Crippen molar-refractivity contribution in [2.24, 2.45) is 0 Å². The molecule has 2 aromatic carbocycles. The Labute approximate surface area is 213 Å². The third-order valence-electron chi connectivity index (χ3n) is 5.02. The second-order valence-electron chi connectivity index (χ2n) is 9.03. The van der Waals surface area contributed by atoms with Gasteiger partial charge in [0.25, 0.3) is 0 Å². The van der Waals surface area contributed by atoms with Crippen LogP contribution in [0.15, 0.2) is 42.6 Å². The monoisotopic (exact) mass is 512 g/mol. The highest BCUT2D eigenvalue weighted by molar-refractivity contribution is 6.12. The maximum atomic E-state index is 14.5. The number of aromatic nitrogens is 2. The van der Waals surface area contributed by atoms with Gasteiger partial charge in [0.15, 0.2) is 5.82 Å². The Morgan fingerprint density at radius 2 is 1.81 bits per heavy atom. The van der Waals surface area contributed by atoms with E-state index in [9.17, 15) is 13.6 Å². The smallest absolute Gasteiger partial charge is 0.407 e. The van der Waals surface area contributed by atoms with E-state index in [-0.39, 0.29) is 41.8 Å². The van der Waals surface area contributed by atoms with Crippen molar-refractivity contribution in [2.45, 2.75) is 46.4 Å². The molecule has 0 atom stereocenters. The maximum Gasteiger partial charge on any atom is 0.407 e. The van der Waals surface area contributed by atoms with Crippen LogP contribution in [0.5, 0.6) is 5.75 Å². The van der Waals surface area contributed by atoms with Crippen LogP contribution in [0.3, 0.4) is 0 Å². The molecule has 9 nitrogen and oxygen atoms in total. The van der Waals surface area contributed by atoms with Crippen molar-refractivity contribution in [2.75, 3.05) is 17.7 Å². The summed E-state index contributed by atoms with van der Waals surface area (Å²) >= 11 is 0. The lowest BCUT2D eigenvalue weighted by Crippen LogP contribution is -2.32. The lowest BCUT2D eigenvalue weighted by molar-refractivity contribution is 0.0523. The summed E-state index contributed by atoms with van der Waals surface area (Å²) in [6.07, 6.45) is 0.814. The summed E-state index contributed by atoms with van der Waals surface area (Å²) in [5.74, 6) is -1.23. The summed E-state index contributed by atoms with van der Waals surface area (Å²) in [5.41, 5.74) is 6.51. The van der Waals surface area contributed by atoms with E-state index in [1.807, 2.05) is 0 Å². The quantitative estimate of drug-likeness (QED) is 0.303. The number of para-hydroxylation sites is 1. The van der Waals surface area contributed by atoms with Gasteiger partial charge in [-0.3, -0.25) is 5.41 Å². The molecular weight excluding hydrogens is 482 g/mol. The Balaban J connectivity index is 1.74. The molecule has 0 saturated carbocycles. The van der Waals surface area contributed by atoms with Crippen molar-refractivity contribution in [1.29, 1.82) is 5.41 Å². The normalized spacial score (nSPS) is 11.1. The number of hydrogen-bond acceptors (Lipinski definition) is 8.